The molecule has 1 aliphatic rings. The SMILES string of the molecule is COC[C@@H]1CCCN1C(=O)Nc1cccc(Cn2cncn2)c1. The third-order valence-corrected chi connectivity index (χ3v) is 3.99. The molecule has 1 N–H and O–H groups in total. The summed E-state index contributed by atoms with van der Waals surface area (Å²) in [6.45, 7) is 1.98. The maximum Gasteiger partial charge on any atom is 0.322 e. The van der Waals surface area contributed by atoms with Gasteiger partial charge in [-0.1, -0.05) is 12.1 Å². The molecule has 0 bridgehead atoms. The molecule has 0 aliphatic carbocycles. The molecule has 7 nitrogen and oxygen atoms in total. The lowest BCUT2D eigenvalue weighted by Crippen LogP contribution is -2.40. The van der Waals surface area contributed by atoms with Crippen molar-refractivity contribution in [2.75, 3.05) is 25.6 Å². The van der Waals surface area contributed by atoms with Crippen LogP contribution in [0.4, 0.5) is 10.5 Å². The Morgan fingerprint density at radius 3 is 3.17 bits per heavy atom. The Hall–Kier alpha value is -2.41. The van der Waals surface area contributed by atoms with Crippen LogP contribution in [-0.4, -0.2) is 52.0 Å². The van der Waals surface area contributed by atoms with Gasteiger partial charge in [0.1, 0.15) is 12.7 Å². The van der Waals surface area contributed by atoms with E-state index in [0.29, 0.717) is 13.2 Å². The molecule has 1 aromatic heterocycles. The highest BCUT2D eigenvalue weighted by Crippen LogP contribution is 2.19. The maximum atomic E-state index is 12.5. The topological polar surface area (TPSA) is 72.3 Å². The van der Waals surface area contributed by atoms with Crippen LogP contribution in [0.3, 0.4) is 0 Å². The number of anilines is 1. The van der Waals surface area contributed by atoms with E-state index in [1.807, 2.05) is 29.2 Å². The minimum absolute atomic E-state index is 0.0672. The van der Waals surface area contributed by atoms with Crippen LogP contribution < -0.4 is 5.32 Å². The number of nitrogens with one attached hydrogen (secondary N) is 1. The van der Waals surface area contributed by atoms with Crippen molar-refractivity contribution in [2.45, 2.75) is 25.4 Å². The van der Waals surface area contributed by atoms with Crippen molar-refractivity contribution in [2.24, 2.45) is 0 Å². The number of nitrogens with zero attached hydrogens (tertiary/aromatic N) is 4. The van der Waals surface area contributed by atoms with Crippen LogP contribution in [0.5, 0.6) is 0 Å². The number of urea groups is 1. The molecule has 0 radical (unpaired) electrons. The van der Waals surface area contributed by atoms with Gasteiger partial charge in [0.25, 0.3) is 0 Å². The molecule has 1 saturated heterocycles. The fourth-order valence-corrected chi connectivity index (χ4v) is 2.91. The first-order chi connectivity index (χ1) is 11.3. The molecule has 23 heavy (non-hydrogen) atoms. The lowest BCUT2D eigenvalue weighted by molar-refractivity contribution is 0.128. The van der Waals surface area contributed by atoms with E-state index < -0.39 is 0 Å². The molecule has 2 aromatic rings. The van der Waals surface area contributed by atoms with Gasteiger partial charge >= 0.3 is 6.03 Å². The highest BCUT2D eigenvalue weighted by Gasteiger charge is 2.28. The first-order valence-electron chi connectivity index (χ1n) is 7.74. The molecule has 2 heterocycles. The number of amides is 2. The van der Waals surface area contributed by atoms with Gasteiger partial charge in [0.15, 0.2) is 0 Å². The number of rotatable bonds is 5. The lowest BCUT2D eigenvalue weighted by atomic mass is 10.2. The summed E-state index contributed by atoms with van der Waals surface area (Å²) in [5, 5.41) is 7.07. The average molecular weight is 315 g/mol. The first-order valence-corrected chi connectivity index (χ1v) is 7.74. The summed E-state index contributed by atoms with van der Waals surface area (Å²) < 4.78 is 6.94. The van der Waals surface area contributed by atoms with Gasteiger partial charge < -0.3 is 15.0 Å². The molecule has 0 unspecified atom stereocenters. The van der Waals surface area contributed by atoms with Crippen LogP contribution >= 0.6 is 0 Å². The van der Waals surface area contributed by atoms with Gasteiger partial charge in [0.05, 0.1) is 19.2 Å². The fourth-order valence-electron chi connectivity index (χ4n) is 2.91. The molecule has 122 valence electrons. The number of hydrogen-bond acceptors (Lipinski definition) is 4. The average Bonchev–Trinajstić information content (AvgIpc) is 3.20. The molecule has 0 saturated carbocycles. The Morgan fingerprint density at radius 1 is 1.48 bits per heavy atom. The standard InChI is InChI=1S/C16H21N5O2/c1-23-10-15-6-3-7-21(15)16(22)19-14-5-2-4-13(8-14)9-20-12-17-11-18-20/h2,4-5,8,11-12,15H,3,6-7,9-10H2,1H3,(H,19,22)/t15-/m0/s1. The Balaban J connectivity index is 1.64. The van der Waals surface area contributed by atoms with Crippen molar-refractivity contribution in [1.82, 2.24) is 19.7 Å². The zero-order valence-electron chi connectivity index (χ0n) is 13.2. The number of aromatic nitrogens is 3. The quantitative estimate of drug-likeness (QED) is 0.915. The monoisotopic (exact) mass is 315 g/mol. The smallest absolute Gasteiger partial charge is 0.322 e. The Kier molecular flexibility index (Phi) is 4.87. The summed E-state index contributed by atoms with van der Waals surface area (Å²) in [5.74, 6) is 0. The van der Waals surface area contributed by atoms with E-state index in [2.05, 4.69) is 15.4 Å². The molecule has 1 fully saturated rings. The van der Waals surface area contributed by atoms with Crippen LogP contribution in [0, 0.1) is 0 Å². The second-order valence-corrected chi connectivity index (χ2v) is 5.67. The van der Waals surface area contributed by atoms with Crippen molar-refractivity contribution < 1.29 is 9.53 Å². The van der Waals surface area contributed by atoms with Crippen molar-refractivity contribution in [3.05, 3.63) is 42.5 Å². The number of likely N-dealkylation sites (tertiary alicyclic amines) is 1. The maximum absolute atomic E-state index is 12.5. The second-order valence-electron chi connectivity index (χ2n) is 5.67. The van der Waals surface area contributed by atoms with E-state index in [-0.39, 0.29) is 12.1 Å². The van der Waals surface area contributed by atoms with Crippen molar-refractivity contribution in [3.63, 3.8) is 0 Å². The van der Waals surface area contributed by atoms with E-state index >= 15 is 0 Å². The number of carbonyl (C=O) groups is 1. The van der Waals surface area contributed by atoms with Crippen LogP contribution in [0.2, 0.25) is 0 Å². The van der Waals surface area contributed by atoms with E-state index in [1.54, 1.807) is 18.1 Å². The lowest BCUT2D eigenvalue weighted by Gasteiger charge is -2.24. The third-order valence-electron chi connectivity index (χ3n) is 3.99. The zero-order chi connectivity index (χ0) is 16.1. The Morgan fingerprint density at radius 2 is 2.39 bits per heavy atom. The fraction of sp³-hybridized carbons (Fsp3) is 0.438. The molecule has 3 rings (SSSR count). The van der Waals surface area contributed by atoms with E-state index in [4.69, 9.17) is 4.74 Å². The minimum Gasteiger partial charge on any atom is -0.383 e. The second kappa shape index (κ2) is 7.23. The van der Waals surface area contributed by atoms with Crippen molar-refractivity contribution in [3.8, 4) is 0 Å². The predicted octanol–water partition coefficient (Wildman–Crippen LogP) is 1.97. The number of carbonyl (C=O) groups excluding carboxylic acids is 1. The molecule has 1 aromatic carbocycles. The van der Waals surface area contributed by atoms with Crippen molar-refractivity contribution in [1.29, 1.82) is 0 Å². The third kappa shape index (κ3) is 3.87. The van der Waals surface area contributed by atoms with E-state index in [9.17, 15) is 4.79 Å². The Labute approximate surface area is 135 Å². The predicted molar refractivity (Wildman–Crippen MR) is 86.2 cm³/mol. The van der Waals surface area contributed by atoms with Crippen LogP contribution in [0.25, 0.3) is 0 Å². The molecule has 1 atom stereocenters. The molecular weight excluding hydrogens is 294 g/mol. The van der Waals surface area contributed by atoms with Gasteiger partial charge in [-0.3, -0.25) is 0 Å². The number of methoxy groups -OCH3 is 1. The largest absolute Gasteiger partial charge is 0.383 e. The van der Waals surface area contributed by atoms with Gasteiger partial charge in [0, 0.05) is 19.3 Å². The van der Waals surface area contributed by atoms with Crippen molar-refractivity contribution >= 4 is 11.7 Å². The van der Waals surface area contributed by atoms with Gasteiger partial charge in [-0.15, -0.1) is 0 Å². The molecular formula is C16H21N5O2. The normalized spacial score (nSPS) is 17.4. The molecule has 2 amide bonds. The molecule has 7 heteroatoms. The van der Waals surface area contributed by atoms with Crippen LogP contribution in [-0.2, 0) is 11.3 Å². The van der Waals surface area contributed by atoms with E-state index in [1.165, 1.54) is 6.33 Å². The number of ether oxygens (including phenoxy) is 1. The summed E-state index contributed by atoms with van der Waals surface area (Å²) in [6, 6.07) is 7.88. The van der Waals surface area contributed by atoms with Crippen LogP contribution in [0.15, 0.2) is 36.9 Å². The van der Waals surface area contributed by atoms with Gasteiger partial charge in [-0.2, -0.15) is 5.10 Å². The summed E-state index contributed by atoms with van der Waals surface area (Å²) in [6.07, 6.45) is 5.20. The Bertz CT molecular complexity index is 644. The molecule has 1 aliphatic heterocycles. The zero-order valence-corrected chi connectivity index (χ0v) is 13.2. The van der Waals surface area contributed by atoms with E-state index in [0.717, 1.165) is 30.6 Å². The summed E-state index contributed by atoms with van der Waals surface area (Å²) in [7, 11) is 1.67. The summed E-state index contributed by atoms with van der Waals surface area (Å²) >= 11 is 0. The number of benzene rings is 1. The van der Waals surface area contributed by atoms with Gasteiger partial charge in [-0.05, 0) is 30.5 Å². The summed E-state index contributed by atoms with van der Waals surface area (Å²) in [5.41, 5.74) is 1.85. The highest BCUT2D eigenvalue weighted by molar-refractivity contribution is 5.89. The molecule has 0 spiro atoms. The minimum atomic E-state index is -0.0672. The number of hydrogen-bond donors (Lipinski definition) is 1. The van der Waals surface area contributed by atoms with Crippen LogP contribution in [0.1, 0.15) is 18.4 Å². The highest BCUT2D eigenvalue weighted by atomic mass is 16.5. The first kappa shape index (κ1) is 15.5. The van der Waals surface area contributed by atoms with Gasteiger partial charge in [-0.25, -0.2) is 14.5 Å². The van der Waals surface area contributed by atoms with Gasteiger partial charge in [0.2, 0.25) is 0 Å². The summed E-state index contributed by atoms with van der Waals surface area (Å²) in [4.78, 5) is 18.2.